The van der Waals surface area contributed by atoms with Crippen molar-refractivity contribution in [3.05, 3.63) is 122 Å². The van der Waals surface area contributed by atoms with Gasteiger partial charge in [-0.1, -0.05) is 99.7 Å². The van der Waals surface area contributed by atoms with Gasteiger partial charge in [-0.2, -0.15) is 0 Å². The monoisotopic (exact) mass is 655 g/mol. The summed E-state index contributed by atoms with van der Waals surface area (Å²) in [7, 11) is 0. The second kappa shape index (κ2) is 10.7. The van der Waals surface area contributed by atoms with Crippen molar-refractivity contribution in [2.75, 3.05) is 10.2 Å². The Labute approximate surface area is 257 Å². The minimum atomic E-state index is -0.738. The third kappa shape index (κ3) is 4.59. The number of thiazole rings is 1. The predicted octanol–water partition coefficient (Wildman–Crippen LogP) is 6.26. The lowest BCUT2D eigenvalue weighted by molar-refractivity contribution is -0.122. The number of hydrogen-bond acceptors (Lipinski definition) is 6. The zero-order valence-electron chi connectivity index (χ0n) is 21.9. The van der Waals surface area contributed by atoms with Gasteiger partial charge in [0, 0.05) is 21.0 Å². The van der Waals surface area contributed by atoms with Crippen LogP contribution in [0.2, 0.25) is 0 Å². The number of carbonyl (C=O) groups excluding carboxylic acids is 3. The molecule has 0 saturated carbocycles. The number of nitrogens with zero attached hydrogens (tertiary/aromatic N) is 2. The van der Waals surface area contributed by atoms with E-state index in [2.05, 4.69) is 21.2 Å². The van der Waals surface area contributed by atoms with Crippen LogP contribution in [0.1, 0.15) is 16.4 Å². The third-order valence-electron chi connectivity index (χ3n) is 7.61. The quantitative estimate of drug-likeness (QED) is 0.226. The number of thioether (sulfide) groups is 1. The van der Waals surface area contributed by atoms with E-state index >= 15 is 0 Å². The molecule has 4 aromatic carbocycles. The topological polar surface area (TPSA) is 88.5 Å². The standard InChI is InChI=1S/C32H22BrN3O4S2/c33-21-10-6-9-20(15-21)25-26-27(30(39)36(29(26)38)23-11-2-1-3-12-23)41-31-28(25)42-32(40)35(31)17-24(37)34-22-14-13-18-7-4-5-8-19(18)16-22/h1-16,25-27H,17H2,(H,34,37)/t25-,26?,27?/m1/s1. The van der Waals surface area contributed by atoms with Crippen molar-refractivity contribution >= 4 is 78.9 Å². The molecule has 0 bridgehead atoms. The molecule has 1 aromatic heterocycles. The molecule has 1 fully saturated rings. The average molecular weight is 657 g/mol. The van der Waals surface area contributed by atoms with Gasteiger partial charge < -0.3 is 5.32 Å². The van der Waals surface area contributed by atoms with Gasteiger partial charge in [0.2, 0.25) is 17.7 Å². The number of benzene rings is 4. The second-order valence-electron chi connectivity index (χ2n) is 10.2. The summed E-state index contributed by atoms with van der Waals surface area (Å²) in [6.45, 7) is -0.211. The van der Waals surface area contributed by atoms with Crippen LogP contribution < -0.4 is 15.1 Å². The Bertz CT molecular complexity index is 1950. The van der Waals surface area contributed by atoms with E-state index < -0.39 is 17.1 Å². The summed E-state index contributed by atoms with van der Waals surface area (Å²) in [6, 6.07) is 30.0. The Balaban J connectivity index is 1.26. The molecule has 3 atom stereocenters. The maximum absolute atomic E-state index is 13.9. The van der Waals surface area contributed by atoms with Crippen LogP contribution in [0.15, 0.2) is 111 Å². The van der Waals surface area contributed by atoms with Crippen LogP contribution in [-0.4, -0.2) is 27.5 Å². The number of amides is 3. The molecule has 42 heavy (non-hydrogen) atoms. The van der Waals surface area contributed by atoms with E-state index in [9.17, 15) is 19.2 Å². The predicted molar refractivity (Wildman–Crippen MR) is 169 cm³/mol. The smallest absolute Gasteiger partial charge is 0.308 e. The number of aromatic nitrogens is 1. The molecule has 3 amide bonds. The van der Waals surface area contributed by atoms with Gasteiger partial charge in [-0.3, -0.25) is 23.7 Å². The summed E-state index contributed by atoms with van der Waals surface area (Å²) in [4.78, 5) is 56.0. The van der Waals surface area contributed by atoms with Gasteiger partial charge >= 0.3 is 4.87 Å². The number of rotatable bonds is 5. The Morgan fingerprint density at radius 1 is 0.833 bits per heavy atom. The zero-order valence-corrected chi connectivity index (χ0v) is 25.1. The number of para-hydroxylation sites is 1. The number of imide groups is 1. The van der Waals surface area contributed by atoms with Gasteiger partial charge in [0.1, 0.15) is 11.8 Å². The van der Waals surface area contributed by atoms with Crippen LogP contribution in [0.5, 0.6) is 0 Å². The van der Waals surface area contributed by atoms with Gasteiger partial charge in [0.25, 0.3) is 0 Å². The van der Waals surface area contributed by atoms with E-state index in [1.807, 2.05) is 72.8 Å². The molecule has 7 nitrogen and oxygen atoms in total. The SMILES string of the molecule is O=C(Cn1c2c(sc1=O)[C@H](c1cccc(Br)c1)C1C(=O)N(c3ccccc3)C(=O)C1S2)Nc1ccc2ccccc2c1. The fourth-order valence-electron chi connectivity index (χ4n) is 5.76. The lowest BCUT2D eigenvalue weighted by Gasteiger charge is -2.30. The van der Waals surface area contributed by atoms with E-state index in [1.165, 1.54) is 21.2 Å². The maximum Gasteiger partial charge on any atom is 0.308 e. The highest BCUT2D eigenvalue weighted by Gasteiger charge is 2.56. The van der Waals surface area contributed by atoms with Crippen LogP contribution in [0.4, 0.5) is 11.4 Å². The molecule has 3 heterocycles. The highest BCUT2D eigenvalue weighted by molar-refractivity contribution is 9.10. The molecular formula is C32H22BrN3O4S2. The first-order chi connectivity index (χ1) is 20.4. The van der Waals surface area contributed by atoms with Crippen molar-refractivity contribution < 1.29 is 14.4 Å². The van der Waals surface area contributed by atoms with Crippen LogP contribution in [-0.2, 0) is 20.9 Å². The summed E-state index contributed by atoms with van der Waals surface area (Å²) in [5.41, 5.74) is 1.97. The van der Waals surface area contributed by atoms with Crippen molar-refractivity contribution in [3.63, 3.8) is 0 Å². The largest absolute Gasteiger partial charge is 0.325 e. The van der Waals surface area contributed by atoms with E-state index in [0.717, 1.165) is 32.1 Å². The Morgan fingerprint density at radius 2 is 1.60 bits per heavy atom. The average Bonchev–Trinajstić information content (AvgIpc) is 3.43. The number of hydrogen-bond donors (Lipinski definition) is 1. The molecule has 0 aliphatic carbocycles. The summed E-state index contributed by atoms with van der Waals surface area (Å²) >= 11 is 5.77. The molecular weight excluding hydrogens is 634 g/mol. The first-order valence-corrected chi connectivity index (χ1v) is 15.7. The molecule has 10 heteroatoms. The normalized spacial score (nSPS) is 19.5. The van der Waals surface area contributed by atoms with Gasteiger partial charge in [0.15, 0.2) is 0 Å². The van der Waals surface area contributed by atoms with Crippen LogP contribution in [0, 0.1) is 5.92 Å². The summed E-state index contributed by atoms with van der Waals surface area (Å²) in [6.07, 6.45) is 0. The first-order valence-electron chi connectivity index (χ1n) is 13.3. The van der Waals surface area contributed by atoms with E-state index in [-0.39, 0.29) is 29.1 Å². The zero-order chi connectivity index (χ0) is 29.0. The summed E-state index contributed by atoms with van der Waals surface area (Å²) in [5.74, 6) is -2.17. The summed E-state index contributed by atoms with van der Waals surface area (Å²) < 4.78 is 2.26. The minimum absolute atomic E-state index is 0.211. The van der Waals surface area contributed by atoms with E-state index in [1.54, 1.807) is 24.3 Å². The third-order valence-corrected chi connectivity index (χ3v) is 10.7. The van der Waals surface area contributed by atoms with E-state index in [0.29, 0.717) is 21.3 Å². The number of anilines is 2. The van der Waals surface area contributed by atoms with Crippen molar-refractivity contribution in [2.24, 2.45) is 5.92 Å². The van der Waals surface area contributed by atoms with Crippen LogP contribution in [0.3, 0.4) is 0 Å². The van der Waals surface area contributed by atoms with E-state index in [4.69, 9.17) is 0 Å². The highest BCUT2D eigenvalue weighted by atomic mass is 79.9. The lowest BCUT2D eigenvalue weighted by Crippen LogP contribution is -2.33. The molecule has 208 valence electrons. The number of nitrogens with one attached hydrogen (secondary N) is 1. The highest BCUT2D eigenvalue weighted by Crippen LogP contribution is 2.54. The van der Waals surface area contributed by atoms with Gasteiger partial charge in [-0.25, -0.2) is 4.90 Å². The molecule has 2 aliphatic rings. The molecule has 1 N–H and O–H groups in total. The lowest BCUT2D eigenvalue weighted by atomic mass is 9.83. The van der Waals surface area contributed by atoms with Gasteiger partial charge in [0.05, 0.1) is 16.6 Å². The molecule has 7 rings (SSSR count). The number of halogens is 1. The van der Waals surface area contributed by atoms with Crippen molar-refractivity contribution in [1.29, 1.82) is 0 Å². The Morgan fingerprint density at radius 3 is 2.38 bits per heavy atom. The molecule has 2 aliphatic heterocycles. The van der Waals surface area contributed by atoms with Crippen LogP contribution in [0.25, 0.3) is 10.8 Å². The Hall–Kier alpha value is -3.99. The van der Waals surface area contributed by atoms with Crippen LogP contribution >= 0.6 is 39.0 Å². The molecule has 0 spiro atoms. The number of fused-ring (bicyclic) bond motifs is 3. The van der Waals surface area contributed by atoms with Gasteiger partial charge in [-0.05, 0) is 52.7 Å². The maximum atomic E-state index is 13.9. The van der Waals surface area contributed by atoms with Gasteiger partial charge in [-0.15, -0.1) is 0 Å². The van der Waals surface area contributed by atoms with Crippen molar-refractivity contribution in [1.82, 2.24) is 4.57 Å². The molecule has 1 saturated heterocycles. The minimum Gasteiger partial charge on any atom is -0.325 e. The summed E-state index contributed by atoms with van der Waals surface area (Å²) in [5, 5.41) is 4.78. The first kappa shape index (κ1) is 26.9. The second-order valence-corrected chi connectivity index (χ2v) is 13.2. The fraction of sp³-hybridized carbons (Fsp3) is 0.125. The number of carbonyl (C=O) groups is 3. The molecule has 5 aromatic rings. The Kier molecular flexibility index (Phi) is 6.84. The molecule has 2 unspecified atom stereocenters. The van der Waals surface area contributed by atoms with Crippen molar-refractivity contribution in [2.45, 2.75) is 22.7 Å². The van der Waals surface area contributed by atoms with Crippen molar-refractivity contribution in [3.8, 4) is 0 Å². The fourth-order valence-corrected chi connectivity index (χ4v) is 8.95. The molecule has 0 radical (unpaired) electrons.